The topological polar surface area (TPSA) is 38.7 Å². The van der Waals surface area contributed by atoms with Crippen molar-refractivity contribution in [1.82, 2.24) is 0 Å². The van der Waals surface area contributed by atoms with E-state index in [1.807, 2.05) is 24.3 Å². The van der Waals surface area contributed by atoms with Crippen molar-refractivity contribution >= 4 is 0 Å². The molecule has 0 aliphatic rings. The van der Waals surface area contributed by atoms with Crippen LogP contribution in [0.1, 0.15) is 18.4 Å². The van der Waals surface area contributed by atoms with Gasteiger partial charge in [-0.05, 0) is 30.5 Å². The molecule has 0 amide bonds. The molecule has 0 saturated carbocycles. The monoisotopic (exact) mass is 236 g/mol. The van der Waals surface area contributed by atoms with Crippen LogP contribution in [0.3, 0.4) is 0 Å². The van der Waals surface area contributed by atoms with Crippen molar-refractivity contribution in [1.29, 1.82) is 0 Å². The van der Waals surface area contributed by atoms with E-state index >= 15 is 0 Å². The first-order valence-corrected chi connectivity index (χ1v) is 5.77. The average molecular weight is 236 g/mol. The van der Waals surface area contributed by atoms with Gasteiger partial charge in [0.25, 0.3) is 0 Å². The largest absolute Gasteiger partial charge is 0.497 e. The Balaban J connectivity index is 2.15. The van der Waals surface area contributed by atoms with Crippen LogP contribution in [0.15, 0.2) is 36.9 Å². The van der Waals surface area contributed by atoms with Gasteiger partial charge in [-0.25, -0.2) is 0 Å². The van der Waals surface area contributed by atoms with Gasteiger partial charge in [0.1, 0.15) is 5.75 Å². The molecule has 0 unspecified atom stereocenters. The molecule has 0 aromatic heterocycles. The summed E-state index contributed by atoms with van der Waals surface area (Å²) in [5, 5.41) is 9.24. The predicted octanol–water partition coefficient (Wildman–Crippen LogP) is 2.54. The van der Waals surface area contributed by atoms with Crippen molar-refractivity contribution in [3.05, 3.63) is 42.5 Å². The van der Waals surface area contributed by atoms with E-state index in [0.717, 1.165) is 17.7 Å². The predicted molar refractivity (Wildman–Crippen MR) is 68.1 cm³/mol. The highest BCUT2D eigenvalue weighted by atomic mass is 16.5. The molecule has 1 N–H and O–H groups in total. The molecule has 0 radical (unpaired) electrons. The second-order valence-electron chi connectivity index (χ2n) is 3.85. The summed E-state index contributed by atoms with van der Waals surface area (Å²) < 4.78 is 10.6. The van der Waals surface area contributed by atoms with Gasteiger partial charge in [0.15, 0.2) is 0 Å². The summed E-state index contributed by atoms with van der Waals surface area (Å²) in [5.41, 5.74) is 1.12. The van der Waals surface area contributed by atoms with Crippen molar-refractivity contribution in [3.8, 4) is 5.75 Å². The Labute approximate surface area is 103 Å². The first kappa shape index (κ1) is 13.7. The maximum atomic E-state index is 9.24. The van der Waals surface area contributed by atoms with E-state index in [1.54, 1.807) is 13.2 Å². The van der Waals surface area contributed by atoms with Crippen LogP contribution in [-0.4, -0.2) is 24.9 Å². The normalized spacial score (nSPS) is 12.1. The number of hydrogen-bond acceptors (Lipinski definition) is 3. The average Bonchev–Trinajstić information content (AvgIpc) is 2.38. The Kier molecular flexibility index (Phi) is 6.37. The zero-order valence-corrected chi connectivity index (χ0v) is 10.3. The van der Waals surface area contributed by atoms with E-state index in [-0.39, 0.29) is 0 Å². The Morgan fingerprint density at radius 3 is 2.65 bits per heavy atom. The summed E-state index contributed by atoms with van der Waals surface area (Å²) in [7, 11) is 1.65. The lowest BCUT2D eigenvalue weighted by Crippen LogP contribution is -2.04. The number of rotatable bonds is 8. The molecule has 0 heterocycles. The molecule has 0 spiro atoms. The molecule has 1 atom stereocenters. The van der Waals surface area contributed by atoms with Gasteiger partial charge in [0.2, 0.25) is 0 Å². The number of methoxy groups -OCH3 is 1. The van der Waals surface area contributed by atoms with E-state index < -0.39 is 6.10 Å². The van der Waals surface area contributed by atoms with Crippen LogP contribution in [0.4, 0.5) is 0 Å². The Bertz CT molecular complexity index is 319. The summed E-state index contributed by atoms with van der Waals surface area (Å²) in [5.74, 6) is 0.850. The van der Waals surface area contributed by atoms with Gasteiger partial charge in [0, 0.05) is 6.61 Å². The lowest BCUT2D eigenvalue weighted by Gasteiger charge is -2.07. The summed E-state index contributed by atoms with van der Waals surface area (Å²) in [6.45, 7) is 4.76. The number of ether oxygens (including phenoxy) is 2. The second-order valence-corrected chi connectivity index (χ2v) is 3.85. The van der Waals surface area contributed by atoms with Crippen LogP contribution in [-0.2, 0) is 11.3 Å². The maximum absolute atomic E-state index is 9.24. The first-order chi connectivity index (χ1) is 8.26. The molecule has 1 aromatic rings. The molecule has 3 heteroatoms. The SMILES string of the molecule is C=C[C@@H](O)CCCOCc1ccc(OC)cc1. The van der Waals surface area contributed by atoms with Crippen molar-refractivity contribution in [2.75, 3.05) is 13.7 Å². The summed E-state index contributed by atoms with van der Waals surface area (Å²) in [6.07, 6.45) is 2.67. The standard InChI is InChI=1S/C14H20O3/c1-3-13(15)5-4-10-17-11-12-6-8-14(16-2)9-7-12/h3,6-9,13,15H,1,4-5,10-11H2,2H3/t13-/m1/s1. The van der Waals surface area contributed by atoms with E-state index in [0.29, 0.717) is 19.6 Å². The number of aliphatic hydroxyl groups excluding tert-OH is 1. The fourth-order valence-corrected chi connectivity index (χ4v) is 1.42. The van der Waals surface area contributed by atoms with E-state index in [2.05, 4.69) is 6.58 Å². The summed E-state index contributed by atoms with van der Waals surface area (Å²) in [6, 6.07) is 7.80. The third kappa shape index (κ3) is 5.52. The fourth-order valence-electron chi connectivity index (χ4n) is 1.42. The highest BCUT2D eigenvalue weighted by Gasteiger charge is 1.98. The number of aliphatic hydroxyl groups is 1. The minimum atomic E-state index is -0.417. The van der Waals surface area contributed by atoms with Gasteiger partial charge in [-0.2, -0.15) is 0 Å². The summed E-state index contributed by atoms with van der Waals surface area (Å²) in [4.78, 5) is 0. The number of hydrogen-bond donors (Lipinski definition) is 1. The van der Waals surface area contributed by atoms with Gasteiger partial charge < -0.3 is 14.6 Å². The van der Waals surface area contributed by atoms with Crippen LogP contribution in [0.2, 0.25) is 0 Å². The number of benzene rings is 1. The third-order valence-electron chi connectivity index (χ3n) is 2.49. The third-order valence-corrected chi connectivity index (χ3v) is 2.49. The van der Waals surface area contributed by atoms with E-state index in [9.17, 15) is 5.11 Å². The molecule has 94 valence electrons. The van der Waals surface area contributed by atoms with Crippen molar-refractivity contribution < 1.29 is 14.6 Å². The van der Waals surface area contributed by atoms with Gasteiger partial charge >= 0.3 is 0 Å². The molecule has 3 nitrogen and oxygen atoms in total. The zero-order chi connectivity index (χ0) is 12.5. The van der Waals surface area contributed by atoms with Crippen molar-refractivity contribution in [2.45, 2.75) is 25.6 Å². The van der Waals surface area contributed by atoms with Crippen LogP contribution >= 0.6 is 0 Å². The zero-order valence-electron chi connectivity index (χ0n) is 10.3. The quantitative estimate of drug-likeness (QED) is 0.557. The minimum Gasteiger partial charge on any atom is -0.497 e. The van der Waals surface area contributed by atoms with Gasteiger partial charge in [-0.3, -0.25) is 0 Å². The molecular formula is C14H20O3. The van der Waals surface area contributed by atoms with E-state index in [1.165, 1.54) is 0 Å². The molecule has 0 bridgehead atoms. The lowest BCUT2D eigenvalue weighted by atomic mass is 10.2. The van der Waals surface area contributed by atoms with Gasteiger partial charge in [-0.15, -0.1) is 6.58 Å². The van der Waals surface area contributed by atoms with Crippen molar-refractivity contribution in [3.63, 3.8) is 0 Å². The molecule has 1 aromatic carbocycles. The Morgan fingerprint density at radius 1 is 1.35 bits per heavy atom. The Morgan fingerprint density at radius 2 is 2.06 bits per heavy atom. The van der Waals surface area contributed by atoms with Crippen molar-refractivity contribution in [2.24, 2.45) is 0 Å². The maximum Gasteiger partial charge on any atom is 0.118 e. The highest BCUT2D eigenvalue weighted by molar-refractivity contribution is 5.26. The molecule has 1 rings (SSSR count). The molecule has 0 fully saturated rings. The first-order valence-electron chi connectivity index (χ1n) is 5.77. The molecule has 0 aliphatic carbocycles. The lowest BCUT2D eigenvalue weighted by molar-refractivity contribution is 0.106. The molecular weight excluding hydrogens is 216 g/mol. The Hall–Kier alpha value is -1.32. The highest BCUT2D eigenvalue weighted by Crippen LogP contribution is 2.12. The molecule has 0 saturated heterocycles. The minimum absolute atomic E-state index is 0.417. The second kappa shape index (κ2) is 7.87. The smallest absolute Gasteiger partial charge is 0.118 e. The van der Waals surface area contributed by atoms with Crippen LogP contribution in [0.5, 0.6) is 5.75 Å². The molecule has 0 aliphatic heterocycles. The van der Waals surface area contributed by atoms with Gasteiger partial charge in [0.05, 0.1) is 19.8 Å². The van der Waals surface area contributed by atoms with Crippen LogP contribution < -0.4 is 4.74 Å². The fraction of sp³-hybridized carbons (Fsp3) is 0.429. The summed E-state index contributed by atoms with van der Waals surface area (Å²) >= 11 is 0. The molecule has 17 heavy (non-hydrogen) atoms. The van der Waals surface area contributed by atoms with Crippen LogP contribution in [0.25, 0.3) is 0 Å². The van der Waals surface area contributed by atoms with Crippen LogP contribution in [0, 0.1) is 0 Å². The van der Waals surface area contributed by atoms with Gasteiger partial charge in [-0.1, -0.05) is 18.2 Å². The van der Waals surface area contributed by atoms with E-state index in [4.69, 9.17) is 9.47 Å².